The van der Waals surface area contributed by atoms with Gasteiger partial charge in [-0.2, -0.15) is 0 Å². The van der Waals surface area contributed by atoms with Gasteiger partial charge in [0.2, 0.25) is 0 Å². The number of amides is 1. The van der Waals surface area contributed by atoms with Crippen molar-refractivity contribution in [3.05, 3.63) is 52.0 Å². The highest BCUT2D eigenvalue weighted by molar-refractivity contribution is 6.01. The van der Waals surface area contributed by atoms with Crippen molar-refractivity contribution in [2.45, 2.75) is 33.6 Å². The number of hydrogen-bond donors (Lipinski definition) is 2. The van der Waals surface area contributed by atoms with Crippen molar-refractivity contribution < 1.29 is 9.59 Å². The molecule has 0 aromatic carbocycles. The van der Waals surface area contributed by atoms with Gasteiger partial charge in [0.25, 0.3) is 5.91 Å². The van der Waals surface area contributed by atoms with Gasteiger partial charge in [0.05, 0.1) is 11.4 Å². The topological polar surface area (TPSA) is 62.0 Å². The molecule has 2 heterocycles. The Morgan fingerprint density at radius 3 is 2.52 bits per heavy atom. The van der Waals surface area contributed by atoms with E-state index in [0.717, 1.165) is 47.2 Å². The molecule has 4 heteroatoms. The predicted octanol–water partition coefficient (Wildman–Crippen LogP) is 3.06. The Balaban J connectivity index is 2.49. The third kappa shape index (κ3) is 2.61. The van der Waals surface area contributed by atoms with Gasteiger partial charge in [-0.3, -0.25) is 9.59 Å². The van der Waals surface area contributed by atoms with Crippen molar-refractivity contribution in [1.29, 1.82) is 0 Å². The highest BCUT2D eigenvalue weighted by atomic mass is 16.2. The standard InChI is InChI=1S/C17H20N2O2/c1-5-7-13-10(3)14(18-16(13)9-20)8-15-12(6-2)11(4)17(21)19-15/h6,8-9,18H,2,5,7H2,1,3-4H3,(H,19,21)/b15-8-. The average Bonchev–Trinajstić information content (AvgIpc) is 2.90. The molecule has 0 bridgehead atoms. The molecule has 0 unspecified atom stereocenters. The third-order valence-corrected chi connectivity index (χ3v) is 3.84. The van der Waals surface area contributed by atoms with Gasteiger partial charge >= 0.3 is 0 Å². The van der Waals surface area contributed by atoms with E-state index in [4.69, 9.17) is 0 Å². The maximum absolute atomic E-state index is 11.7. The molecule has 0 radical (unpaired) electrons. The Bertz CT molecular complexity index is 675. The molecule has 1 aliphatic rings. The fraction of sp³-hybridized carbons (Fsp3) is 0.294. The average molecular weight is 284 g/mol. The summed E-state index contributed by atoms with van der Waals surface area (Å²) in [6.45, 7) is 9.59. The van der Waals surface area contributed by atoms with E-state index in [1.807, 2.05) is 13.0 Å². The van der Waals surface area contributed by atoms with Crippen LogP contribution in [-0.2, 0) is 11.2 Å². The Hall–Kier alpha value is -2.36. The molecule has 1 aliphatic heterocycles. The first-order chi connectivity index (χ1) is 10.0. The zero-order valence-corrected chi connectivity index (χ0v) is 12.7. The molecule has 0 atom stereocenters. The maximum atomic E-state index is 11.7. The van der Waals surface area contributed by atoms with Gasteiger partial charge in [0.15, 0.2) is 6.29 Å². The van der Waals surface area contributed by atoms with Gasteiger partial charge in [-0.1, -0.05) is 26.0 Å². The fourth-order valence-electron chi connectivity index (χ4n) is 2.62. The molecular formula is C17H20N2O2. The lowest BCUT2D eigenvalue weighted by Gasteiger charge is -2.02. The number of nitrogens with one attached hydrogen (secondary N) is 2. The maximum Gasteiger partial charge on any atom is 0.251 e. The molecule has 1 aromatic heterocycles. The first-order valence-electron chi connectivity index (χ1n) is 7.06. The summed E-state index contributed by atoms with van der Waals surface area (Å²) in [7, 11) is 0. The summed E-state index contributed by atoms with van der Waals surface area (Å²) in [6, 6.07) is 0. The summed E-state index contributed by atoms with van der Waals surface area (Å²) in [6.07, 6.45) is 6.22. The summed E-state index contributed by atoms with van der Waals surface area (Å²) in [5.41, 5.74) is 5.75. The Morgan fingerprint density at radius 2 is 1.95 bits per heavy atom. The van der Waals surface area contributed by atoms with Gasteiger partial charge in [-0.15, -0.1) is 0 Å². The molecule has 0 aliphatic carbocycles. The van der Waals surface area contributed by atoms with Crippen molar-refractivity contribution >= 4 is 18.3 Å². The zero-order valence-electron chi connectivity index (χ0n) is 12.7. The van der Waals surface area contributed by atoms with Crippen LogP contribution in [0, 0.1) is 6.92 Å². The van der Waals surface area contributed by atoms with E-state index < -0.39 is 0 Å². The van der Waals surface area contributed by atoms with Crippen LogP contribution in [0.2, 0.25) is 0 Å². The number of allylic oxidation sites excluding steroid dienone is 1. The second-order valence-electron chi connectivity index (χ2n) is 5.18. The number of hydrogen-bond acceptors (Lipinski definition) is 2. The van der Waals surface area contributed by atoms with Gasteiger partial charge in [0, 0.05) is 16.8 Å². The highest BCUT2D eigenvalue weighted by Crippen LogP contribution is 2.26. The van der Waals surface area contributed by atoms with Gasteiger partial charge < -0.3 is 10.3 Å². The molecule has 110 valence electrons. The smallest absolute Gasteiger partial charge is 0.251 e. The van der Waals surface area contributed by atoms with Crippen molar-refractivity contribution in [3.63, 3.8) is 0 Å². The molecule has 0 saturated carbocycles. The molecule has 2 N–H and O–H groups in total. The van der Waals surface area contributed by atoms with Crippen molar-refractivity contribution in [2.75, 3.05) is 0 Å². The van der Waals surface area contributed by atoms with Crippen LogP contribution in [0.1, 0.15) is 47.6 Å². The monoisotopic (exact) mass is 284 g/mol. The number of carbonyl (C=O) groups is 2. The SMILES string of the molecule is C=CC1=C(C)C(=O)N/C1=C\c1[nH]c(C=O)c(CCC)c1C. The molecule has 1 aromatic rings. The van der Waals surface area contributed by atoms with Crippen LogP contribution >= 0.6 is 0 Å². The minimum absolute atomic E-state index is 0.107. The summed E-state index contributed by atoms with van der Waals surface area (Å²) in [5.74, 6) is -0.107. The lowest BCUT2D eigenvalue weighted by Crippen LogP contribution is -2.15. The van der Waals surface area contributed by atoms with E-state index >= 15 is 0 Å². The lowest BCUT2D eigenvalue weighted by molar-refractivity contribution is -0.116. The molecule has 21 heavy (non-hydrogen) atoms. The molecule has 0 saturated heterocycles. The van der Waals surface area contributed by atoms with Crippen LogP contribution in [0.5, 0.6) is 0 Å². The van der Waals surface area contributed by atoms with E-state index in [2.05, 4.69) is 23.8 Å². The minimum Gasteiger partial charge on any atom is -0.352 e. The fourth-order valence-corrected chi connectivity index (χ4v) is 2.62. The number of H-pyrrole nitrogens is 1. The first kappa shape index (κ1) is 15.0. The molecule has 1 amide bonds. The summed E-state index contributed by atoms with van der Waals surface area (Å²) >= 11 is 0. The summed E-state index contributed by atoms with van der Waals surface area (Å²) < 4.78 is 0. The first-order valence-corrected chi connectivity index (χ1v) is 7.06. The lowest BCUT2D eigenvalue weighted by atomic mass is 10.0. The second-order valence-corrected chi connectivity index (χ2v) is 5.18. The quantitative estimate of drug-likeness (QED) is 0.816. The second kappa shape index (κ2) is 5.95. The Morgan fingerprint density at radius 1 is 1.24 bits per heavy atom. The van der Waals surface area contributed by atoms with E-state index in [0.29, 0.717) is 11.3 Å². The van der Waals surface area contributed by atoms with Crippen LogP contribution in [-0.4, -0.2) is 17.2 Å². The third-order valence-electron chi connectivity index (χ3n) is 3.84. The van der Waals surface area contributed by atoms with Crippen molar-refractivity contribution in [3.8, 4) is 0 Å². The molecule has 0 spiro atoms. The normalized spacial score (nSPS) is 16.5. The predicted molar refractivity (Wildman–Crippen MR) is 83.9 cm³/mol. The number of aromatic amines is 1. The largest absolute Gasteiger partial charge is 0.352 e. The minimum atomic E-state index is -0.107. The number of aldehydes is 1. The van der Waals surface area contributed by atoms with E-state index in [9.17, 15) is 9.59 Å². The summed E-state index contributed by atoms with van der Waals surface area (Å²) in [4.78, 5) is 26.1. The van der Waals surface area contributed by atoms with Crippen LogP contribution in [0.15, 0.2) is 29.5 Å². The summed E-state index contributed by atoms with van der Waals surface area (Å²) in [5, 5.41) is 2.83. The molecule has 4 nitrogen and oxygen atoms in total. The van der Waals surface area contributed by atoms with Crippen LogP contribution in [0.4, 0.5) is 0 Å². The van der Waals surface area contributed by atoms with E-state index in [1.165, 1.54) is 0 Å². The highest BCUT2D eigenvalue weighted by Gasteiger charge is 2.22. The molecule has 0 fully saturated rings. The Kier molecular flexibility index (Phi) is 4.26. The number of carbonyl (C=O) groups excluding carboxylic acids is 2. The number of rotatable bonds is 5. The van der Waals surface area contributed by atoms with Crippen LogP contribution < -0.4 is 5.32 Å². The molecular weight excluding hydrogens is 264 g/mol. The van der Waals surface area contributed by atoms with E-state index in [-0.39, 0.29) is 5.91 Å². The Labute approximate surface area is 124 Å². The van der Waals surface area contributed by atoms with Gasteiger partial charge in [-0.25, -0.2) is 0 Å². The number of aromatic nitrogens is 1. The van der Waals surface area contributed by atoms with Crippen LogP contribution in [0.25, 0.3) is 6.08 Å². The molecule has 2 rings (SSSR count). The zero-order chi connectivity index (χ0) is 15.6. The van der Waals surface area contributed by atoms with Crippen LogP contribution in [0.3, 0.4) is 0 Å². The van der Waals surface area contributed by atoms with E-state index in [1.54, 1.807) is 13.0 Å². The van der Waals surface area contributed by atoms with Gasteiger partial charge in [-0.05, 0) is 37.5 Å². The van der Waals surface area contributed by atoms with Crippen molar-refractivity contribution in [2.24, 2.45) is 0 Å². The van der Waals surface area contributed by atoms with Crippen molar-refractivity contribution in [1.82, 2.24) is 10.3 Å². The van der Waals surface area contributed by atoms with Gasteiger partial charge in [0.1, 0.15) is 0 Å².